The molecule has 0 spiro atoms. The quantitative estimate of drug-likeness (QED) is 0.822. The van der Waals surface area contributed by atoms with Crippen LogP contribution in [0.15, 0.2) is 24.4 Å². The van der Waals surface area contributed by atoms with Crippen molar-refractivity contribution in [1.29, 1.82) is 0 Å². The highest BCUT2D eigenvalue weighted by Crippen LogP contribution is 2.46. The number of H-pyrrole nitrogens is 1. The molecule has 1 aromatic heterocycles. The van der Waals surface area contributed by atoms with Crippen molar-refractivity contribution >= 4 is 10.9 Å². The average Bonchev–Trinajstić information content (AvgIpc) is 2.83. The van der Waals surface area contributed by atoms with Crippen molar-refractivity contribution in [3.8, 4) is 0 Å². The van der Waals surface area contributed by atoms with E-state index in [1.807, 2.05) is 0 Å². The zero-order chi connectivity index (χ0) is 13.0. The fourth-order valence-electron chi connectivity index (χ4n) is 4.31. The van der Waals surface area contributed by atoms with Crippen molar-refractivity contribution in [2.75, 3.05) is 20.2 Å². The molecule has 0 amide bonds. The van der Waals surface area contributed by atoms with Gasteiger partial charge in [0.2, 0.25) is 0 Å². The fourth-order valence-corrected chi connectivity index (χ4v) is 4.31. The summed E-state index contributed by atoms with van der Waals surface area (Å²) in [5.41, 5.74) is 4.20. The molecule has 3 atom stereocenters. The number of fused-ring (bicyclic) bond motifs is 2. The predicted molar refractivity (Wildman–Crippen MR) is 76.1 cm³/mol. The summed E-state index contributed by atoms with van der Waals surface area (Å²) in [6, 6.07) is 7.13. The van der Waals surface area contributed by atoms with Crippen molar-refractivity contribution < 1.29 is 5.11 Å². The highest BCUT2D eigenvalue weighted by Gasteiger charge is 2.39. The zero-order valence-corrected chi connectivity index (χ0v) is 11.3. The lowest BCUT2D eigenvalue weighted by Gasteiger charge is -2.45. The number of aliphatic hydroxyl groups excluding tert-OH is 1. The molecule has 19 heavy (non-hydrogen) atoms. The van der Waals surface area contributed by atoms with Gasteiger partial charge in [0, 0.05) is 36.3 Å². The maximum Gasteiger partial charge on any atom is 0.0471 e. The summed E-state index contributed by atoms with van der Waals surface area (Å²) < 4.78 is 0. The maximum absolute atomic E-state index is 9.47. The Morgan fingerprint density at radius 1 is 1.42 bits per heavy atom. The van der Waals surface area contributed by atoms with Gasteiger partial charge < -0.3 is 10.1 Å². The van der Waals surface area contributed by atoms with E-state index in [1.54, 1.807) is 0 Å². The van der Waals surface area contributed by atoms with Crippen LogP contribution >= 0.6 is 0 Å². The van der Waals surface area contributed by atoms with Crippen LogP contribution in [0.1, 0.15) is 23.6 Å². The van der Waals surface area contributed by atoms with E-state index in [0.717, 1.165) is 19.4 Å². The summed E-state index contributed by atoms with van der Waals surface area (Å²) in [5.74, 6) is 1.08. The second kappa shape index (κ2) is 4.09. The van der Waals surface area contributed by atoms with Gasteiger partial charge in [0.05, 0.1) is 0 Å². The number of nitrogens with zero attached hydrogens (tertiary/aromatic N) is 1. The normalized spacial score (nSPS) is 30.5. The van der Waals surface area contributed by atoms with E-state index in [0.29, 0.717) is 24.5 Å². The molecule has 3 nitrogen and oxygen atoms in total. The molecule has 1 fully saturated rings. The third-order valence-corrected chi connectivity index (χ3v) is 4.98. The second-order valence-electron chi connectivity index (χ2n) is 6.22. The number of aliphatic hydroxyl groups is 1. The van der Waals surface area contributed by atoms with Gasteiger partial charge in [-0.1, -0.05) is 12.1 Å². The monoisotopic (exact) mass is 256 g/mol. The smallest absolute Gasteiger partial charge is 0.0471 e. The van der Waals surface area contributed by atoms with Crippen molar-refractivity contribution in [2.45, 2.75) is 18.9 Å². The van der Waals surface area contributed by atoms with Crippen LogP contribution < -0.4 is 0 Å². The molecule has 100 valence electrons. The first kappa shape index (κ1) is 11.5. The molecule has 2 heterocycles. The topological polar surface area (TPSA) is 39.3 Å². The Hall–Kier alpha value is -1.32. The van der Waals surface area contributed by atoms with E-state index < -0.39 is 0 Å². The number of piperidine rings is 1. The minimum Gasteiger partial charge on any atom is -0.396 e. The number of rotatable bonds is 1. The summed E-state index contributed by atoms with van der Waals surface area (Å²) >= 11 is 0. The van der Waals surface area contributed by atoms with Gasteiger partial charge in [-0.25, -0.2) is 0 Å². The van der Waals surface area contributed by atoms with E-state index >= 15 is 0 Å². The van der Waals surface area contributed by atoms with Crippen LogP contribution in [0.3, 0.4) is 0 Å². The lowest BCUT2D eigenvalue weighted by molar-refractivity contribution is 0.0483. The van der Waals surface area contributed by atoms with Gasteiger partial charge >= 0.3 is 0 Å². The third-order valence-electron chi connectivity index (χ3n) is 4.98. The fraction of sp³-hybridized carbons (Fsp3) is 0.500. The molecule has 0 saturated carbocycles. The Kier molecular flexibility index (Phi) is 2.47. The first-order valence-electron chi connectivity index (χ1n) is 7.18. The molecule has 1 aliphatic carbocycles. The molecule has 2 aromatic rings. The molecule has 0 bridgehead atoms. The number of likely N-dealkylation sites (tertiary alicyclic amines) is 1. The van der Waals surface area contributed by atoms with Crippen LogP contribution in [-0.4, -0.2) is 35.2 Å². The molecule has 2 aliphatic rings. The van der Waals surface area contributed by atoms with Crippen molar-refractivity contribution in [2.24, 2.45) is 11.8 Å². The Balaban J connectivity index is 1.85. The molecule has 1 aliphatic heterocycles. The number of benzene rings is 1. The molecule has 2 N–H and O–H groups in total. The first-order valence-corrected chi connectivity index (χ1v) is 7.18. The molecule has 0 radical (unpaired) electrons. The van der Waals surface area contributed by atoms with Gasteiger partial charge in [0.1, 0.15) is 0 Å². The Morgan fingerprint density at radius 3 is 3.16 bits per heavy atom. The van der Waals surface area contributed by atoms with E-state index in [9.17, 15) is 5.11 Å². The number of hydrogen-bond acceptors (Lipinski definition) is 2. The molecular weight excluding hydrogens is 236 g/mol. The first-order chi connectivity index (χ1) is 9.28. The van der Waals surface area contributed by atoms with E-state index in [2.05, 4.69) is 41.3 Å². The number of nitrogens with one attached hydrogen (secondary N) is 1. The van der Waals surface area contributed by atoms with Gasteiger partial charge in [0.25, 0.3) is 0 Å². The van der Waals surface area contributed by atoms with Gasteiger partial charge in [-0.3, -0.25) is 4.90 Å². The maximum atomic E-state index is 9.47. The summed E-state index contributed by atoms with van der Waals surface area (Å²) in [6.07, 6.45) is 4.46. The lowest BCUT2D eigenvalue weighted by atomic mass is 9.73. The Bertz CT molecular complexity index is 618. The SMILES string of the molecule is CN1C[C@@H](CO)C[C@@H]2Cc3c[nH]c4cccc(c34)[C@@H]21. The number of aromatic amines is 1. The highest BCUT2D eigenvalue weighted by molar-refractivity contribution is 5.88. The van der Waals surface area contributed by atoms with Crippen molar-refractivity contribution in [3.05, 3.63) is 35.5 Å². The van der Waals surface area contributed by atoms with Gasteiger partial charge in [-0.2, -0.15) is 0 Å². The summed E-state index contributed by atoms with van der Waals surface area (Å²) in [6.45, 7) is 1.32. The molecule has 3 heteroatoms. The van der Waals surface area contributed by atoms with Gasteiger partial charge in [-0.15, -0.1) is 0 Å². The van der Waals surface area contributed by atoms with Crippen LogP contribution in [0, 0.1) is 11.8 Å². The van der Waals surface area contributed by atoms with E-state index in [-0.39, 0.29) is 0 Å². The minimum absolute atomic E-state index is 0.317. The number of aromatic nitrogens is 1. The van der Waals surface area contributed by atoms with Crippen LogP contribution in [0.4, 0.5) is 0 Å². The lowest BCUT2D eigenvalue weighted by Crippen LogP contribution is -2.43. The van der Waals surface area contributed by atoms with E-state index in [1.165, 1.54) is 22.0 Å². The molecule has 4 rings (SSSR count). The molecule has 0 unspecified atom stereocenters. The molecule has 1 aromatic carbocycles. The standard InChI is InChI=1S/C16H20N2O/c1-18-8-10(9-19)5-11-6-12-7-17-14-4-2-3-13(15(12)14)16(11)18/h2-4,7,10-11,16-17,19H,5-6,8-9H2,1H3/t10-,11+,16+/m0/s1. The average molecular weight is 256 g/mol. The van der Waals surface area contributed by atoms with Crippen LogP contribution in [0.5, 0.6) is 0 Å². The zero-order valence-electron chi connectivity index (χ0n) is 11.3. The highest BCUT2D eigenvalue weighted by atomic mass is 16.3. The Labute approximate surface area is 113 Å². The summed E-state index contributed by atoms with van der Waals surface area (Å²) in [5, 5.41) is 10.9. The molecular formula is C16H20N2O. The summed E-state index contributed by atoms with van der Waals surface area (Å²) in [4.78, 5) is 5.85. The minimum atomic E-state index is 0.317. The van der Waals surface area contributed by atoms with Gasteiger partial charge in [0.15, 0.2) is 0 Å². The molecule has 1 saturated heterocycles. The van der Waals surface area contributed by atoms with Crippen LogP contribution in [-0.2, 0) is 6.42 Å². The second-order valence-corrected chi connectivity index (χ2v) is 6.22. The van der Waals surface area contributed by atoms with Crippen LogP contribution in [0.2, 0.25) is 0 Å². The number of hydrogen-bond donors (Lipinski definition) is 2. The summed E-state index contributed by atoms with van der Waals surface area (Å²) in [7, 11) is 2.20. The third kappa shape index (κ3) is 1.58. The van der Waals surface area contributed by atoms with Crippen molar-refractivity contribution in [1.82, 2.24) is 9.88 Å². The van der Waals surface area contributed by atoms with Gasteiger partial charge in [-0.05, 0) is 48.9 Å². The van der Waals surface area contributed by atoms with Crippen LogP contribution in [0.25, 0.3) is 10.9 Å². The Morgan fingerprint density at radius 2 is 2.32 bits per heavy atom. The van der Waals surface area contributed by atoms with Crippen molar-refractivity contribution in [3.63, 3.8) is 0 Å². The largest absolute Gasteiger partial charge is 0.396 e. The van der Waals surface area contributed by atoms with E-state index in [4.69, 9.17) is 0 Å². The predicted octanol–water partition coefficient (Wildman–Crippen LogP) is 2.33.